The number of nitrogens with zero attached hydrogens (tertiary/aromatic N) is 1. The molecule has 0 saturated carbocycles. The van der Waals surface area contributed by atoms with Gasteiger partial charge in [0.05, 0.1) is 17.3 Å². The Hall–Kier alpha value is -1.22. The van der Waals surface area contributed by atoms with Crippen LogP contribution in [0, 0.1) is 0 Å². The van der Waals surface area contributed by atoms with E-state index < -0.39 is 0 Å². The zero-order valence-corrected chi connectivity index (χ0v) is 9.13. The van der Waals surface area contributed by atoms with Crippen molar-refractivity contribution in [3.63, 3.8) is 0 Å². The number of hydrogen-bond donors (Lipinski definition) is 1. The standard InChI is InChI=1S/C11H13ClN2O/c12-9-4-1-2-5-10(9)14-7-3-6-13-11(15)8-14/h1-2,4-5H,3,6-8H2,(H,13,15). The van der Waals surface area contributed by atoms with E-state index in [1.165, 1.54) is 0 Å². The third kappa shape index (κ3) is 2.42. The van der Waals surface area contributed by atoms with Crippen LogP contribution in [0.5, 0.6) is 0 Å². The lowest BCUT2D eigenvalue weighted by atomic mass is 10.2. The maximum Gasteiger partial charge on any atom is 0.239 e. The summed E-state index contributed by atoms with van der Waals surface area (Å²) in [5, 5.41) is 3.54. The minimum atomic E-state index is 0.0624. The van der Waals surface area contributed by atoms with Crippen molar-refractivity contribution < 1.29 is 4.79 Å². The first-order chi connectivity index (χ1) is 7.27. The number of carbonyl (C=O) groups is 1. The Balaban J connectivity index is 2.22. The number of carbonyl (C=O) groups excluding carboxylic acids is 1. The summed E-state index contributed by atoms with van der Waals surface area (Å²) < 4.78 is 0. The van der Waals surface area contributed by atoms with E-state index in [2.05, 4.69) is 5.32 Å². The molecule has 1 N–H and O–H groups in total. The number of anilines is 1. The fourth-order valence-corrected chi connectivity index (χ4v) is 1.98. The second-order valence-electron chi connectivity index (χ2n) is 3.58. The molecule has 2 rings (SSSR count). The van der Waals surface area contributed by atoms with E-state index in [1.807, 2.05) is 29.2 Å². The van der Waals surface area contributed by atoms with Gasteiger partial charge < -0.3 is 10.2 Å². The number of benzene rings is 1. The van der Waals surface area contributed by atoms with Crippen molar-refractivity contribution in [2.75, 3.05) is 24.5 Å². The van der Waals surface area contributed by atoms with E-state index >= 15 is 0 Å². The molecule has 1 saturated heterocycles. The van der Waals surface area contributed by atoms with Crippen LogP contribution in [0.15, 0.2) is 24.3 Å². The normalized spacial score (nSPS) is 17.1. The van der Waals surface area contributed by atoms with Gasteiger partial charge in [-0.15, -0.1) is 0 Å². The molecule has 1 amide bonds. The number of nitrogens with one attached hydrogen (secondary N) is 1. The highest BCUT2D eigenvalue weighted by atomic mass is 35.5. The van der Waals surface area contributed by atoms with Crippen molar-refractivity contribution in [3.05, 3.63) is 29.3 Å². The summed E-state index contributed by atoms with van der Waals surface area (Å²) in [5.41, 5.74) is 0.941. The zero-order valence-electron chi connectivity index (χ0n) is 8.37. The number of para-hydroxylation sites is 1. The Morgan fingerprint density at radius 3 is 2.93 bits per heavy atom. The summed E-state index contributed by atoms with van der Waals surface area (Å²) in [6.07, 6.45) is 0.955. The van der Waals surface area contributed by atoms with Crippen LogP contribution in [-0.2, 0) is 4.79 Å². The molecule has 0 radical (unpaired) electrons. The minimum absolute atomic E-state index is 0.0624. The predicted molar refractivity (Wildman–Crippen MR) is 61.3 cm³/mol. The van der Waals surface area contributed by atoms with Gasteiger partial charge in [-0.25, -0.2) is 0 Å². The first kappa shape index (κ1) is 10.3. The molecule has 1 heterocycles. The fraction of sp³-hybridized carbons (Fsp3) is 0.364. The highest BCUT2D eigenvalue weighted by molar-refractivity contribution is 6.33. The molecule has 0 bridgehead atoms. The molecule has 4 heteroatoms. The molecule has 15 heavy (non-hydrogen) atoms. The van der Waals surface area contributed by atoms with Crippen molar-refractivity contribution in [1.82, 2.24) is 5.32 Å². The van der Waals surface area contributed by atoms with Crippen molar-refractivity contribution in [1.29, 1.82) is 0 Å². The van der Waals surface area contributed by atoms with Gasteiger partial charge in [-0.05, 0) is 18.6 Å². The molecule has 0 spiro atoms. The average molecular weight is 225 g/mol. The smallest absolute Gasteiger partial charge is 0.239 e. The van der Waals surface area contributed by atoms with Crippen LogP contribution in [0.2, 0.25) is 5.02 Å². The Bertz CT molecular complexity index is 367. The largest absolute Gasteiger partial charge is 0.361 e. The predicted octanol–water partition coefficient (Wildman–Crippen LogP) is 1.67. The molecule has 0 aromatic heterocycles. The van der Waals surface area contributed by atoms with Gasteiger partial charge >= 0.3 is 0 Å². The van der Waals surface area contributed by atoms with Gasteiger partial charge in [0.2, 0.25) is 5.91 Å². The topological polar surface area (TPSA) is 32.3 Å². The van der Waals surface area contributed by atoms with E-state index in [9.17, 15) is 4.79 Å². The highest BCUT2D eigenvalue weighted by Gasteiger charge is 2.16. The molecule has 80 valence electrons. The lowest BCUT2D eigenvalue weighted by molar-refractivity contribution is -0.119. The molecule has 0 aliphatic carbocycles. The maximum absolute atomic E-state index is 11.4. The van der Waals surface area contributed by atoms with Gasteiger partial charge in [0.1, 0.15) is 0 Å². The quantitative estimate of drug-likeness (QED) is 0.787. The van der Waals surface area contributed by atoms with E-state index in [0.717, 1.165) is 25.2 Å². The zero-order chi connectivity index (χ0) is 10.7. The summed E-state index contributed by atoms with van der Waals surface area (Å²) in [4.78, 5) is 13.4. The molecule has 3 nitrogen and oxygen atoms in total. The van der Waals surface area contributed by atoms with Gasteiger partial charge in [0.15, 0.2) is 0 Å². The lowest BCUT2D eigenvalue weighted by Gasteiger charge is -2.22. The molecule has 1 aliphatic rings. The Kier molecular flexibility index (Phi) is 3.11. The van der Waals surface area contributed by atoms with Crippen LogP contribution in [0.4, 0.5) is 5.69 Å². The van der Waals surface area contributed by atoms with Crippen LogP contribution in [0.25, 0.3) is 0 Å². The summed E-state index contributed by atoms with van der Waals surface area (Å²) in [6.45, 7) is 2.01. The number of halogens is 1. The Morgan fingerprint density at radius 2 is 2.13 bits per heavy atom. The monoisotopic (exact) mass is 224 g/mol. The summed E-state index contributed by atoms with van der Waals surface area (Å²) >= 11 is 6.09. The fourth-order valence-electron chi connectivity index (χ4n) is 1.72. The van der Waals surface area contributed by atoms with Gasteiger partial charge in [-0.3, -0.25) is 4.79 Å². The van der Waals surface area contributed by atoms with Crippen molar-refractivity contribution in [3.8, 4) is 0 Å². The van der Waals surface area contributed by atoms with Gasteiger partial charge in [-0.1, -0.05) is 23.7 Å². The molecule has 1 aromatic rings. The van der Waals surface area contributed by atoms with Crippen LogP contribution in [0.3, 0.4) is 0 Å². The average Bonchev–Trinajstić information content (AvgIpc) is 2.43. The molecular weight excluding hydrogens is 212 g/mol. The number of rotatable bonds is 1. The number of hydrogen-bond acceptors (Lipinski definition) is 2. The Morgan fingerprint density at radius 1 is 1.33 bits per heavy atom. The maximum atomic E-state index is 11.4. The van der Waals surface area contributed by atoms with Gasteiger partial charge in [0.25, 0.3) is 0 Å². The third-order valence-electron chi connectivity index (χ3n) is 2.45. The molecule has 0 unspecified atom stereocenters. The van der Waals surface area contributed by atoms with Crippen molar-refractivity contribution in [2.45, 2.75) is 6.42 Å². The van der Waals surface area contributed by atoms with Crippen molar-refractivity contribution >= 4 is 23.2 Å². The summed E-state index contributed by atoms with van der Waals surface area (Å²) in [5.74, 6) is 0.0624. The summed E-state index contributed by atoms with van der Waals surface area (Å²) in [6, 6.07) is 7.62. The van der Waals surface area contributed by atoms with Crippen LogP contribution in [-0.4, -0.2) is 25.5 Å². The summed E-state index contributed by atoms with van der Waals surface area (Å²) in [7, 11) is 0. The molecule has 0 atom stereocenters. The first-order valence-corrected chi connectivity index (χ1v) is 5.41. The first-order valence-electron chi connectivity index (χ1n) is 5.03. The van der Waals surface area contributed by atoms with Crippen LogP contribution < -0.4 is 10.2 Å². The van der Waals surface area contributed by atoms with Crippen molar-refractivity contribution in [2.24, 2.45) is 0 Å². The van der Waals surface area contributed by atoms with E-state index in [0.29, 0.717) is 11.6 Å². The van der Waals surface area contributed by atoms with Gasteiger partial charge in [-0.2, -0.15) is 0 Å². The van der Waals surface area contributed by atoms with E-state index in [-0.39, 0.29) is 5.91 Å². The third-order valence-corrected chi connectivity index (χ3v) is 2.77. The Labute approximate surface area is 94.0 Å². The second kappa shape index (κ2) is 4.53. The minimum Gasteiger partial charge on any atom is -0.361 e. The SMILES string of the molecule is O=C1CN(c2ccccc2Cl)CCCN1. The van der Waals surface area contributed by atoms with E-state index in [1.54, 1.807) is 0 Å². The molecule has 1 aliphatic heterocycles. The number of amides is 1. The molecule has 1 aromatic carbocycles. The van der Waals surface area contributed by atoms with E-state index in [4.69, 9.17) is 11.6 Å². The molecular formula is C11H13ClN2O. The van der Waals surface area contributed by atoms with Crippen LogP contribution >= 0.6 is 11.6 Å². The molecule has 1 fully saturated rings. The van der Waals surface area contributed by atoms with Crippen LogP contribution in [0.1, 0.15) is 6.42 Å². The second-order valence-corrected chi connectivity index (χ2v) is 3.98. The van der Waals surface area contributed by atoms with Gasteiger partial charge in [0, 0.05) is 13.1 Å². The highest BCUT2D eigenvalue weighted by Crippen LogP contribution is 2.25. The lowest BCUT2D eigenvalue weighted by Crippen LogP contribution is -2.33.